The predicted molar refractivity (Wildman–Crippen MR) is 142 cm³/mol. The minimum Gasteiger partial charge on any atom is -0.478 e. The summed E-state index contributed by atoms with van der Waals surface area (Å²) >= 11 is 0. The van der Waals surface area contributed by atoms with E-state index in [1.165, 1.54) is 0 Å². The van der Waals surface area contributed by atoms with Crippen LogP contribution in [0.5, 0.6) is 0 Å². The third kappa shape index (κ3) is 13.2. The molecule has 18 nitrogen and oxygen atoms in total. The number of benzene rings is 3. The van der Waals surface area contributed by atoms with E-state index >= 15 is 0 Å². The van der Waals surface area contributed by atoms with Gasteiger partial charge in [0.05, 0.1) is 50.1 Å². The molecular weight excluding hydrogens is 739 g/mol. The number of aromatic carboxylic acids is 9. The maximum Gasteiger partial charge on any atom is 0.335 e. The van der Waals surface area contributed by atoms with Gasteiger partial charge in [-0.3, -0.25) is 0 Å². The minimum atomic E-state index is -1.37. The van der Waals surface area contributed by atoms with E-state index in [1.54, 1.807) is 0 Å². The molecule has 3 rings (SSSR count). The van der Waals surface area contributed by atoms with Crippen LogP contribution in [0.3, 0.4) is 0 Å². The number of rotatable bonds is 9. The number of hydrogen-bond donors (Lipinski definition) is 9. The van der Waals surface area contributed by atoms with Crippen LogP contribution in [0.1, 0.15) is 93.2 Å². The zero-order chi connectivity index (χ0) is 34.8. The fraction of sp³-hybridized carbons (Fsp3) is 0. The average molecular weight is 758 g/mol. The summed E-state index contributed by atoms with van der Waals surface area (Å²) in [5, 5.41) is 77.5. The Morgan fingerprint density at radius 2 is 0.298 bits per heavy atom. The van der Waals surface area contributed by atoms with Crippen molar-refractivity contribution in [2.45, 2.75) is 0 Å². The SMILES string of the molecule is O=C(O)c1cc(C(=O)O)cc(C(=O)O)c1.O=C(O)c1cc(C(=O)O)cc(C(=O)O)c1.O=C(O)c1cc(C(=O)O)cc(C(=O)O)c1.[Cu].[Cu]. The Labute approximate surface area is 281 Å². The molecule has 47 heavy (non-hydrogen) atoms. The zero-order valence-electron chi connectivity index (χ0n) is 22.5. The van der Waals surface area contributed by atoms with E-state index in [-0.39, 0.29) is 84.2 Å². The first kappa shape index (κ1) is 43.1. The standard InChI is InChI=1S/3C9H6O6.2Cu/c3*10-7(11)4-1-5(8(12)13)3-6(2-4)9(14)15;;/h3*1-3H,(H,10,11)(H,12,13)(H,14,15);;. The molecule has 0 spiro atoms. The molecule has 0 saturated carbocycles. The molecule has 0 fully saturated rings. The largest absolute Gasteiger partial charge is 0.478 e. The fourth-order valence-electron chi connectivity index (χ4n) is 2.99. The van der Waals surface area contributed by atoms with Crippen molar-refractivity contribution in [3.05, 3.63) is 105 Å². The van der Waals surface area contributed by atoms with Crippen LogP contribution in [-0.4, -0.2) is 99.7 Å². The second-order valence-electron chi connectivity index (χ2n) is 8.14. The van der Waals surface area contributed by atoms with E-state index in [0.29, 0.717) is 0 Å². The van der Waals surface area contributed by atoms with Gasteiger partial charge in [0.1, 0.15) is 0 Å². The Morgan fingerprint density at radius 1 is 0.234 bits per heavy atom. The third-order valence-electron chi connectivity index (χ3n) is 5.02. The van der Waals surface area contributed by atoms with E-state index in [4.69, 9.17) is 46.0 Å². The van der Waals surface area contributed by atoms with Crippen molar-refractivity contribution in [3.63, 3.8) is 0 Å². The normalized spacial score (nSPS) is 9.19. The Morgan fingerprint density at radius 3 is 0.340 bits per heavy atom. The first-order chi connectivity index (χ1) is 20.7. The van der Waals surface area contributed by atoms with E-state index in [1.807, 2.05) is 0 Å². The van der Waals surface area contributed by atoms with Crippen molar-refractivity contribution in [2.75, 3.05) is 0 Å². The quantitative estimate of drug-likeness (QED) is 0.141. The second kappa shape index (κ2) is 18.7. The van der Waals surface area contributed by atoms with Gasteiger partial charge in [-0.25, -0.2) is 43.2 Å². The van der Waals surface area contributed by atoms with Crippen LogP contribution >= 0.6 is 0 Å². The molecule has 0 bridgehead atoms. The second-order valence-corrected chi connectivity index (χ2v) is 8.14. The van der Waals surface area contributed by atoms with Crippen molar-refractivity contribution in [3.8, 4) is 0 Å². The van der Waals surface area contributed by atoms with E-state index < -0.39 is 53.7 Å². The third-order valence-corrected chi connectivity index (χ3v) is 5.02. The first-order valence-corrected chi connectivity index (χ1v) is 11.3. The molecule has 3 aromatic rings. The Bertz CT molecular complexity index is 1320. The van der Waals surface area contributed by atoms with Crippen LogP contribution in [-0.2, 0) is 34.1 Å². The minimum absolute atomic E-state index is 0. The van der Waals surface area contributed by atoms with E-state index in [2.05, 4.69) is 0 Å². The summed E-state index contributed by atoms with van der Waals surface area (Å²) in [7, 11) is 0. The number of carboxylic acid groups (broad SMARTS) is 9. The van der Waals surface area contributed by atoms with Gasteiger partial charge in [0.2, 0.25) is 0 Å². The van der Waals surface area contributed by atoms with Gasteiger partial charge in [0.25, 0.3) is 0 Å². The van der Waals surface area contributed by atoms with Gasteiger partial charge in [-0.2, -0.15) is 0 Å². The maximum absolute atomic E-state index is 10.6. The average Bonchev–Trinajstić information content (AvgIpc) is 2.96. The van der Waals surface area contributed by atoms with E-state index in [9.17, 15) is 43.2 Å². The van der Waals surface area contributed by atoms with Crippen LogP contribution in [0.2, 0.25) is 0 Å². The molecule has 3 aromatic carbocycles. The molecule has 0 unspecified atom stereocenters. The summed E-state index contributed by atoms with van der Waals surface area (Å²) in [5.41, 5.74) is -3.31. The predicted octanol–water partition coefficient (Wildman–Crippen LogP) is 2.34. The summed E-state index contributed by atoms with van der Waals surface area (Å²) in [4.78, 5) is 95.1. The molecule has 0 aromatic heterocycles. The van der Waals surface area contributed by atoms with Crippen molar-refractivity contribution >= 4 is 53.7 Å². The van der Waals surface area contributed by atoms with E-state index in [0.717, 1.165) is 54.6 Å². The molecule has 0 aliphatic heterocycles. The fourth-order valence-corrected chi connectivity index (χ4v) is 2.99. The van der Waals surface area contributed by atoms with Crippen molar-refractivity contribution in [2.24, 2.45) is 0 Å². The Hall–Kier alpha value is -6.07. The van der Waals surface area contributed by atoms with Crippen molar-refractivity contribution in [1.82, 2.24) is 0 Å². The summed E-state index contributed by atoms with van der Waals surface area (Å²) in [6.45, 7) is 0. The first-order valence-electron chi connectivity index (χ1n) is 11.3. The Balaban J connectivity index is 0. The van der Waals surface area contributed by atoms with Gasteiger partial charge in [-0.1, -0.05) is 0 Å². The topological polar surface area (TPSA) is 336 Å². The molecule has 0 heterocycles. The zero-order valence-corrected chi connectivity index (χ0v) is 24.4. The number of hydrogen-bond acceptors (Lipinski definition) is 9. The summed E-state index contributed by atoms with van der Waals surface area (Å²) < 4.78 is 0. The molecule has 0 atom stereocenters. The van der Waals surface area contributed by atoms with Crippen LogP contribution in [0.4, 0.5) is 0 Å². The Kier molecular flexibility index (Phi) is 17.1. The molecular formula is C27H18Cu2O18. The van der Waals surface area contributed by atoms with Gasteiger partial charge in [0.15, 0.2) is 0 Å². The van der Waals surface area contributed by atoms with Gasteiger partial charge in [-0.05, 0) is 54.6 Å². The molecule has 20 heteroatoms. The van der Waals surface area contributed by atoms with Crippen molar-refractivity contribution in [1.29, 1.82) is 0 Å². The molecule has 9 N–H and O–H groups in total. The smallest absolute Gasteiger partial charge is 0.335 e. The van der Waals surface area contributed by atoms with Gasteiger partial charge in [0, 0.05) is 34.1 Å². The molecule has 0 aliphatic carbocycles. The molecule has 0 aliphatic rings. The van der Waals surface area contributed by atoms with Gasteiger partial charge >= 0.3 is 53.7 Å². The van der Waals surface area contributed by atoms with Crippen LogP contribution in [0, 0.1) is 0 Å². The molecule has 256 valence electrons. The van der Waals surface area contributed by atoms with Crippen LogP contribution in [0.25, 0.3) is 0 Å². The van der Waals surface area contributed by atoms with Gasteiger partial charge in [-0.15, -0.1) is 0 Å². The molecule has 0 amide bonds. The summed E-state index contributed by atoms with van der Waals surface area (Å²) in [5.74, 6) is -12.4. The maximum atomic E-state index is 10.6. The summed E-state index contributed by atoms with van der Waals surface area (Å²) in [6, 6.07) is 8.10. The molecule has 2 radical (unpaired) electrons. The number of carboxylic acids is 9. The van der Waals surface area contributed by atoms with Crippen molar-refractivity contribution < 1.29 is 123 Å². The summed E-state index contributed by atoms with van der Waals surface area (Å²) in [6.07, 6.45) is 0. The van der Waals surface area contributed by atoms with Crippen LogP contribution < -0.4 is 0 Å². The van der Waals surface area contributed by atoms with Gasteiger partial charge < -0.3 is 46.0 Å². The monoisotopic (exact) mass is 756 g/mol. The van der Waals surface area contributed by atoms with Crippen LogP contribution in [0.15, 0.2) is 54.6 Å². The molecule has 0 saturated heterocycles. The number of carbonyl (C=O) groups is 9.